The number of furan rings is 1. The van der Waals surface area contributed by atoms with Crippen molar-refractivity contribution in [1.82, 2.24) is 15.3 Å². The first kappa shape index (κ1) is 11.4. The van der Waals surface area contributed by atoms with E-state index in [0.717, 1.165) is 5.82 Å². The van der Waals surface area contributed by atoms with E-state index in [0.29, 0.717) is 18.8 Å². The molecule has 0 saturated heterocycles. The molecule has 0 aliphatic heterocycles. The lowest BCUT2D eigenvalue weighted by Gasteiger charge is -1.99. The maximum absolute atomic E-state index is 11.1. The molecule has 0 spiro atoms. The molecule has 2 rings (SSSR count). The molecule has 0 fully saturated rings. The molecule has 2 aromatic heterocycles. The number of carbonyl (C=O) groups is 1. The Morgan fingerprint density at radius 1 is 1.53 bits per heavy atom. The lowest BCUT2D eigenvalue weighted by atomic mass is 10.4. The average molecular weight is 235 g/mol. The van der Waals surface area contributed by atoms with Crippen LogP contribution in [0, 0.1) is 0 Å². The molecular formula is C11H13N3O3. The second-order valence-electron chi connectivity index (χ2n) is 3.40. The molecule has 6 nitrogen and oxygen atoms in total. The van der Waals surface area contributed by atoms with Crippen LogP contribution in [0.4, 0.5) is 0 Å². The Labute approximate surface area is 98.0 Å². The van der Waals surface area contributed by atoms with Crippen LogP contribution in [0.25, 0.3) is 0 Å². The van der Waals surface area contributed by atoms with Crippen LogP contribution >= 0.6 is 0 Å². The number of hydrogen-bond acceptors (Lipinski definition) is 5. The van der Waals surface area contributed by atoms with Crippen LogP contribution in [0.1, 0.15) is 22.1 Å². The van der Waals surface area contributed by atoms with E-state index in [-0.39, 0.29) is 5.76 Å². The number of hydrogen-bond donors (Lipinski definition) is 2. The Bertz CT molecular complexity index is 476. The molecule has 0 bridgehead atoms. The summed E-state index contributed by atoms with van der Waals surface area (Å²) in [6.07, 6.45) is 3.46. The van der Waals surface area contributed by atoms with Crippen molar-refractivity contribution in [2.45, 2.75) is 13.1 Å². The minimum absolute atomic E-state index is 0.210. The maximum atomic E-state index is 11.1. The second kappa shape index (κ2) is 5.31. The number of aromatic nitrogens is 2. The molecule has 17 heavy (non-hydrogen) atoms. The van der Waals surface area contributed by atoms with Crippen molar-refractivity contribution in [3.05, 3.63) is 41.9 Å². The Morgan fingerprint density at radius 2 is 2.41 bits per heavy atom. The lowest BCUT2D eigenvalue weighted by molar-refractivity contribution is 0.0563. The number of H-pyrrole nitrogens is 1. The van der Waals surface area contributed by atoms with Crippen molar-refractivity contribution in [1.29, 1.82) is 0 Å². The van der Waals surface area contributed by atoms with Crippen LogP contribution in [0.2, 0.25) is 0 Å². The zero-order valence-corrected chi connectivity index (χ0v) is 9.40. The minimum Gasteiger partial charge on any atom is -0.463 e. The van der Waals surface area contributed by atoms with Gasteiger partial charge in [0.25, 0.3) is 0 Å². The summed E-state index contributed by atoms with van der Waals surface area (Å²) < 4.78 is 9.83. The first-order chi connectivity index (χ1) is 8.29. The maximum Gasteiger partial charge on any atom is 0.373 e. The molecule has 2 aromatic rings. The Kier molecular flexibility index (Phi) is 3.56. The van der Waals surface area contributed by atoms with Gasteiger partial charge in [-0.25, -0.2) is 9.78 Å². The van der Waals surface area contributed by atoms with Crippen LogP contribution in [0.15, 0.2) is 28.9 Å². The quantitative estimate of drug-likeness (QED) is 0.758. The van der Waals surface area contributed by atoms with Gasteiger partial charge in [-0.15, -0.1) is 0 Å². The molecule has 90 valence electrons. The molecule has 6 heteroatoms. The molecule has 0 amide bonds. The zero-order chi connectivity index (χ0) is 12.1. The summed E-state index contributed by atoms with van der Waals surface area (Å²) in [6.45, 7) is 1.14. The third kappa shape index (κ3) is 2.94. The topological polar surface area (TPSA) is 80.1 Å². The predicted molar refractivity (Wildman–Crippen MR) is 59.2 cm³/mol. The first-order valence-electron chi connectivity index (χ1n) is 5.15. The summed E-state index contributed by atoms with van der Waals surface area (Å²) >= 11 is 0. The van der Waals surface area contributed by atoms with Crippen LogP contribution in [0.3, 0.4) is 0 Å². The van der Waals surface area contributed by atoms with Crippen molar-refractivity contribution in [2.24, 2.45) is 0 Å². The molecule has 0 aliphatic carbocycles. The SMILES string of the molecule is COC(=O)c1ccc(CNCc2ncc[nH]2)o1. The number of rotatable bonds is 5. The number of nitrogens with one attached hydrogen (secondary N) is 2. The minimum atomic E-state index is -0.470. The molecule has 2 heterocycles. The van der Waals surface area contributed by atoms with E-state index < -0.39 is 5.97 Å². The standard InChI is InChI=1S/C11H13N3O3/c1-16-11(15)9-3-2-8(17-9)6-12-7-10-13-4-5-14-10/h2-5,12H,6-7H2,1H3,(H,13,14). The summed E-state index contributed by atoms with van der Waals surface area (Å²) in [5, 5.41) is 3.13. The van der Waals surface area contributed by atoms with Crippen LogP contribution in [0.5, 0.6) is 0 Å². The smallest absolute Gasteiger partial charge is 0.373 e. The summed E-state index contributed by atoms with van der Waals surface area (Å²) in [4.78, 5) is 18.2. The highest BCUT2D eigenvalue weighted by Gasteiger charge is 2.10. The number of carbonyl (C=O) groups excluding carboxylic acids is 1. The van der Waals surface area contributed by atoms with Crippen molar-refractivity contribution >= 4 is 5.97 Å². The molecule has 0 aromatic carbocycles. The number of methoxy groups -OCH3 is 1. The van der Waals surface area contributed by atoms with E-state index in [1.165, 1.54) is 7.11 Å². The monoisotopic (exact) mass is 235 g/mol. The molecule has 0 unspecified atom stereocenters. The fourth-order valence-corrected chi connectivity index (χ4v) is 1.38. The highest BCUT2D eigenvalue weighted by molar-refractivity contribution is 5.86. The largest absolute Gasteiger partial charge is 0.463 e. The van der Waals surface area contributed by atoms with Crippen LogP contribution < -0.4 is 5.32 Å². The van der Waals surface area contributed by atoms with Gasteiger partial charge in [0.15, 0.2) is 0 Å². The van der Waals surface area contributed by atoms with E-state index in [1.54, 1.807) is 24.5 Å². The molecule has 0 aliphatic rings. The van der Waals surface area contributed by atoms with E-state index in [1.807, 2.05) is 0 Å². The third-order valence-electron chi connectivity index (χ3n) is 2.19. The van der Waals surface area contributed by atoms with Gasteiger partial charge in [0.05, 0.1) is 20.2 Å². The molecule has 2 N–H and O–H groups in total. The van der Waals surface area contributed by atoms with Gasteiger partial charge in [-0.2, -0.15) is 0 Å². The molecule has 0 saturated carbocycles. The number of imidazole rings is 1. The van der Waals surface area contributed by atoms with Crippen molar-refractivity contribution in [2.75, 3.05) is 7.11 Å². The average Bonchev–Trinajstić information content (AvgIpc) is 2.99. The van der Waals surface area contributed by atoms with E-state index in [4.69, 9.17) is 4.42 Å². The van der Waals surface area contributed by atoms with Gasteiger partial charge in [0, 0.05) is 12.4 Å². The van der Waals surface area contributed by atoms with Gasteiger partial charge in [-0.3, -0.25) is 0 Å². The zero-order valence-electron chi connectivity index (χ0n) is 9.40. The van der Waals surface area contributed by atoms with Gasteiger partial charge in [-0.1, -0.05) is 0 Å². The predicted octanol–water partition coefficient (Wildman–Crippen LogP) is 1.08. The van der Waals surface area contributed by atoms with Crippen molar-refractivity contribution in [3.8, 4) is 0 Å². The highest BCUT2D eigenvalue weighted by atomic mass is 16.5. The van der Waals surface area contributed by atoms with E-state index in [2.05, 4.69) is 20.0 Å². The molecular weight excluding hydrogens is 222 g/mol. The van der Waals surface area contributed by atoms with Gasteiger partial charge in [-0.05, 0) is 12.1 Å². The normalized spacial score (nSPS) is 10.4. The summed E-state index contributed by atoms with van der Waals surface area (Å²) in [5.74, 6) is 1.27. The summed E-state index contributed by atoms with van der Waals surface area (Å²) in [6, 6.07) is 3.33. The number of ether oxygens (including phenoxy) is 1. The Morgan fingerprint density at radius 3 is 3.12 bits per heavy atom. The number of esters is 1. The molecule has 0 radical (unpaired) electrons. The fraction of sp³-hybridized carbons (Fsp3) is 0.273. The van der Waals surface area contributed by atoms with Crippen molar-refractivity contribution < 1.29 is 13.9 Å². The Balaban J connectivity index is 1.83. The summed E-state index contributed by atoms with van der Waals surface area (Å²) in [7, 11) is 1.32. The molecule has 0 atom stereocenters. The van der Waals surface area contributed by atoms with Gasteiger partial charge < -0.3 is 19.5 Å². The first-order valence-corrected chi connectivity index (χ1v) is 5.15. The van der Waals surface area contributed by atoms with Crippen molar-refractivity contribution in [3.63, 3.8) is 0 Å². The van der Waals surface area contributed by atoms with Gasteiger partial charge >= 0.3 is 5.97 Å². The van der Waals surface area contributed by atoms with Gasteiger partial charge in [0.1, 0.15) is 11.6 Å². The second-order valence-corrected chi connectivity index (χ2v) is 3.40. The Hall–Kier alpha value is -2.08. The third-order valence-corrected chi connectivity index (χ3v) is 2.19. The highest BCUT2D eigenvalue weighted by Crippen LogP contribution is 2.08. The van der Waals surface area contributed by atoms with Gasteiger partial charge in [0.2, 0.25) is 5.76 Å². The van der Waals surface area contributed by atoms with E-state index in [9.17, 15) is 4.79 Å². The van der Waals surface area contributed by atoms with Crippen LogP contribution in [-0.2, 0) is 17.8 Å². The number of aromatic amines is 1. The fourth-order valence-electron chi connectivity index (χ4n) is 1.38. The lowest BCUT2D eigenvalue weighted by Crippen LogP contribution is -2.13. The van der Waals surface area contributed by atoms with E-state index >= 15 is 0 Å². The number of nitrogens with zero attached hydrogens (tertiary/aromatic N) is 1. The van der Waals surface area contributed by atoms with Crippen LogP contribution in [-0.4, -0.2) is 23.0 Å². The summed E-state index contributed by atoms with van der Waals surface area (Å²) in [5.41, 5.74) is 0.